The number of pyridine rings is 1. The highest BCUT2D eigenvalue weighted by atomic mass is 16.1. The molecular weight excluding hydrogens is 188 g/mol. The first-order valence-electron chi connectivity index (χ1n) is 5.04. The van der Waals surface area contributed by atoms with Crippen molar-refractivity contribution in [1.29, 1.82) is 0 Å². The van der Waals surface area contributed by atoms with E-state index in [4.69, 9.17) is 5.73 Å². The third-order valence-electron chi connectivity index (χ3n) is 2.78. The van der Waals surface area contributed by atoms with Crippen LogP contribution in [0.2, 0.25) is 0 Å². The Morgan fingerprint density at radius 1 is 1.40 bits per heavy atom. The molecule has 0 amide bonds. The molecule has 0 saturated carbocycles. The fraction of sp³-hybridized carbons (Fsp3) is 0.250. The van der Waals surface area contributed by atoms with Crippen molar-refractivity contribution in [3.05, 3.63) is 39.7 Å². The Balaban J connectivity index is 2.92. The summed E-state index contributed by atoms with van der Waals surface area (Å²) in [6.07, 6.45) is 0.742. The van der Waals surface area contributed by atoms with Crippen molar-refractivity contribution in [2.75, 3.05) is 5.73 Å². The standard InChI is InChI=1S/C12H14N2O/c1-3-9-7(2)10-6-8(13)4-5-11(10)14-12(9)15/h4-6H,3,13H2,1-2H3,(H,14,15). The van der Waals surface area contributed by atoms with Crippen molar-refractivity contribution < 1.29 is 0 Å². The van der Waals surface area contributed by atoms with Crippen LogP contribution in [0.15, 0.2) is 23.0 Å². The first-order chi connectivity index (χ1) is 7.13. The lowest BCUT2D eigenvalue weighted by Crippen LogP contribution is -2.14. The average Bonchev–Trinajstić information content (AvgIpc) is 2.20. The lowest BCUT2D eigenvalue weighted by Gasteiger charge is -2.07. The van der Waals surface area contributed by atoms with Crippen LogP contribution in [0.3, 0.4) is 0 Å². The summed E-state index contributed by atoms with van der Waals surface area (Å²) in [4.78, 5) is 14.5. The van der Waals surface area contributed by atoms with E-state index in [2.05, 4.69) is 4.98 Å². The van der Waals surface area contributed by atoms with Gasteiger partial charge in [-0.25, -0.2) is 0 Å². The van der Waals surface area contributed by atoms with Crippen molar-refractivity contribution >= 4 is 16.6 Å². The number of nitrogens with one attached hydrogen (secondary N) is 1. The fourth-order valence-electron chi connectivity index (χ4n) is 1.94. The average molecular weight is 202 g/mol. The molecule has 0 saturated heterocycles. The Morgan fingerprint density at radius 2 is 2.13 bits per heavy atom. The van der Waals surface area contributed by atoms with Gasteiger partial charge in [-0.1, -0.05) is 6.92 Å². The molecule has 1 heterocycles. The van der Waals surface area contributed by atoms with Crippen molar-refractivity contribution in [3.8, 4) is 0 Å². The topological polar surface area (TPSA) is 58.9 Å². The molecule has 0 atom stereocenters. The van der Waals surface area contributed by atoms with Crippen LogP contribution in [0.25, 0.3) is 10.9 Å². The van der Waals surface area contributed by atoms with Gasteiger partial charge in [-0.15, -0.1) is 0 Å². The monoisotopic (exact) mass is 202 g/mol. The molecule has 2 rings (SSSR count). The predicted octanol–water partition coefficient (Wildman–Crippen LogP) is 1.98. The molecule has 1 aromatic carbocycles. The van der Waals surface area contributed by atoms with Crippen LogP contribution < -0.4 is 11.3 Å². The summed E-state index contributed by atoms with van der Waals surface area (Å²) in [6, 6.07) is 5.54. The van der Waals surface area contributed by atoms with Crippen LogP contribution in [0, 0.1) is 6.92 Å². The summed E-state index contributed by atoms with van der Waals surface area (Å²) in [5.41, 5.74) is 9.18. The van der Waals surface area contributed by atoms with E-state index >= 15 is 0 Å². The van der Waals surface area contributed by atoms with E-state index < -0.39 is 0 Å². The smallest absolute Gasteiger partial charge is 0.251 e. The summed E-state index contributed by atoms with van der Waals surface area (Å²) in [7, 11) is 0. The zero-order valence-electron chi connectivity index (χ0n) is 8.92. The van der Waals surface area contributed by atoms with Gasteiger partial charge in [-0.05, 0) is 37.1 Å². The summed E-state index contributed by atoms with van der Waals surface area (Å²) in [5.74, 6) is 0. The summed E-state index contributed by atoms with van der Waals surface area (Å²) >= 11 is 0. The van der Waals surface area contributed by atoms with Gasteiger partial charge in [0.05, 0.1) is 0 Å². The number of H-pyrrole nitrogens is 1. The van der Waals surface area contributed by atoms with Crippen LogP contribution in [-0.2, 0) is 6.42 Å². The SMILES string of the molecule is CCc1c(C)c2cc(N)ccc2[nH]c1=O. The first kappa shape index (κ1) is 9.77. The number of anilines is 1. The van der Waals surface area contributed by atoms with Gasteiger partial charge in [-0.3, -0.25) is 4.79 Å². The Kier molecular flexibility index (Phi) is 2.23. The van der Waals surface area contributed by atoms with Gasteiger partial charge in [0.25, 0.3) is 5.56 Å². The second-order valence-electron chi connectivity index (χ2n) is 3.72. The number of hydrogen-bond acceptors (Lipinski definition) is 2. The highest BCUT2D eigenvalue weighted by Gasteiger charge is 2.06. The number of nitrogen functional groups attached to an aromatic ring is 1. The van der Waals surface area contributed by atoms with Gasteiger partial charge in [0, 0.05) is 22.2 Å². The van der Waals surface area contributed by atoms with Gasteiger partial charge in [0.1, 0.15) is 0 Å². The molecule has 3 nitrogen and oxygen atoms in total. The molecule has 0 aliphatic heterocycles. The van der Waals surface area contributed by atoms with Crippen molar-refractivity contribution in [2.45, 2.75) is 20.3 Å². The summed E-state index contributed by atoms with van der Waals surface area (Å²) in [5, 5.41) is 1.03. The maximum absolute atomic E-state index is 11.7. The second kappa shape index (κ2) is 3.42. The van der Waals surface area contributed by atoms with Gasteiger partial charge in [0.15, 0.2) is 0 Å². The normalized spacial score (nSPS) is 10.8. The van der Waals surface area contributed by atoms with E-state index in [0.29, 0.717) is 0 Å². The summed E-state index contributed by atoms with van der Waals surface area (Å²) < 4.78 is 0. The molecule has 0 unspecified atom stereocenters. The van der Waals surface area contributed by atoms with Gasteiger partial charge < -0.3 is 10.7 Å². The van der Waals surface area contributed by atoms with E-state index in [1.807, 2.05) is 26.0 Å². The molecule has 2 aromatic rings. The van der Waals surface area contributed by atoms with Gasteiger partial charge >= 0.3 is 0 Å². The third kappa shape index (κ3) is 1.50. The highest BCUT2D eigenvalue weighted by molar-refractivity contribution is 5.85. The number of benzene rings is 1. The summed E-state index contributed by atoms with van der Waals surface area (Å²) in [6.45, 7) is 3.95. The van der Waals surface area contributed by atoms with Crippen LogP contribution in [0.1, 0.15) is 18.1 Å². The predicted molar refractivity (Wildman–Crippen MR) is 63.1 cm³/mol. The fourth-order valence-corrected chi connectivity index (χ4v) is 1.94. The molecule has 15 heavy (non-hydrogen) atoms. The van der Waals surface area contributed by atoms with Crippen LogP contribution >= 0.6 is 0 Å². The second-order valence-corrected chi connectivity index (χ2v) is 3.72. The Labute approximate surface area is 87.9 Å². The number of aromatic nitrogens is 1. The van der Waals surface area contributed by atoms with Crippen LogP contribution in [0.4, 0.5) is 5.69 Å². The molecule has 78 valence electrons. The van der Waals surface area contributed by atoms with Crippen molar-refractivity contribution in [1.82, 2.24) is 4.98 Å². The molecular formula is C12H14N2O. The van der Waals surface area contributed by atoms with Crippen LogP contribution in [0.5, 0.6) is 0 Å². The zero-order chi connectivity index (χ0) is 11.0. The Bertz CT molecular complexity index is 570. The van der Waals surface area contributed by atoms with Gasteiger partial charge in [0.2, 0.25) is 0 Å². The Hall–Kier alpha value is -1.77. The van der Waals surface area contributed by atoms with E-state index in [9.17, 15) is 4.79 Å². The quantitative estimate of drug-likeness (QED) is 0.695. The molecule has 0 aliphatic rings. The minimum atomic E-state index is 0.00673. The largest absolute Gasteiger partial charge is 0.399 e. The zero-order valence-corrected chi connectivity index (χ0v) is 8.92. The number of fused-ring (bicyclic) bond motifs is 1. The molecule has 3 N–H and O–H groups in total. The maximum Gasteiger partial charge on any atom is 0.251 e. The van der Waals surface area contributed by atoms with Crippen molar-refractivity contribution in [2.24, 2.45) is 0 Å². The lowest BCUT2D eigenvalue weighted by atomic mass is 10.0. The van der Waals surface area contributed by atoms with E-state index in [1.165, 1.54) is 0 Å². The molecule has 0 aliphatic carbocycles. The number of aromatic amines is 1. The first-order valence-corrected chi connectivity index (χ1v) is 5.04. The Morgan fingerprint density at radius 3 is 2.80 bits per heavy atom. The number of nitrogens with two attached hydrogens (primary N) is 1. The molecule has 3 heteroatoms. The molecule has 0 radical (unpaired) electrons. The number of aryl methyl sites for hydroxylation is 1. The van der Waals surface area contributed by atoms with E-state index in [-0.39, 0.29) is 5.56 Å². The number of hydrogen-bond donors (Lipinski definition) is 2. The van der Waals surface area contributed by atoms with E-state index in [0.717, 1.165) is 34.1 Å². The maximum atomic E-state index is 11.7. The minimum absolute atomic E-state index is 0.00673. The highest BCUT2D eigenvalue weighted by Crippen LogP contribution is 2.20. The van der Waals surface area contributed by atoms with Gasteiger partial charge in [-0.2, -0.15) is 0 Å². The molecule has 0 fully saturated rings. The molecule has 1 aromatic heterocycles. The molecule has 0 bridgehead atoms. The van der Waals surface area contributed by atoms with Crippen LogP contribution in [-0.4, -0.2) is 4.98 Å². The van der Waals surface area contributed by atoms with Crippen molar-refractivity contribution in [3.63, 3.8) is 0 Å². The number of rotatable bonds is 1. The molecule has 0 spiro atoms. The minimum Gasteiger partial charge on any atom is -0.399 e. The van der Waals surface area contributed by atoms with E-state index in [1.54, 1.807) is 6.07 Å². The third-order valence-corrected chi connectivity index (χ3v) is 2.78. The lowest BCUT2D eigenvalue weighted by molar-refractivity contribution is 1.06.